The van der Waals surface area contributed by atoms with Crippen LogP contribution in [0.25, 0.3) is 32.3 Å². The predicted molar refractivity (Wildman–Crippen MR) is 93.8 cm³/mol. The van der Waals surface area contributed by atoms with E-state index >= 15 is 0 Å². The van der Waals surface area contributed by atoms with Gasteiger partial charge < -0.3 is 0 Å². The third kappa shape index (κ3) is 1.62. The van der Waals surface area contributed by atoms with Gasteiger partial charge in [0.15, 0.2) is 6.29 Å². The van der Waals surface area contributed by atoms with Gasteiger partial charge in [0.2, 0.25) is 0 Å². The lowest BCUT2D eigenvalue weighted by molar-refractivity contribution is 0.112. The molecule has 0 saturated carbocycles. The van der Waals surface area contributed by atoms with Gasteiger partial charge in [-0.3, -0.25) is 4.79 Å². The second-order valence-corrected chi connectivity index (χ2v) is 5.85. The molecule has 4 aromatic carbocycles. The predicted octanol–water partition coefficient (Wildman–Crippen LogP) is 5.58. The van der Waals surface area contributed by atoms with Crippen molar-refractivity contribution >= 4 is 38.6 Å². The molecule has 0 atom stereocenters. The lowest BCUT2D eigenvalue weighted by Crippen LogP contribution is -1.92. The average molecular weight is 284 g/mol. The van der Waals surface area contributed by atoms with Crippen LogP contribution in [-0.2, 0) is 0 Å². The van der Waals surface area contributed by atoms with E-state index in [1.807, 2.05) is 24.3 Å². The summed E-state index contributed by atoms with van der Waals surface area (Å²) in [6.07, 6.45) is 0.964. The fourth-order valence-electron chi connectivity index (χ4n) is 3.62. The maximum absolute atomic E-state index is 11.5. The van der Waals surface area contributed by atoms with Crippen LogP contribution < -0.4 is 0 Å². The van der Waals surface area contributed by atoms with Crippen molar-refractivity contribution in [3.8, 4) is 0 Å². The Bertz CT molecular complexity index is 1060. The molecular weight excluding hydrogens is 268 g/mol. The molecule has 0 bridgehead atoms. The van der Waals surface area contributed by atoms with Crippen molar-refractivity contribution < 1.29 is 4.79 Å². The molecule has 0 aliphatic heterocycles. The Balaban J connectivity index is 2.40. The van der Waals surface area contributed by atoms with Crippen molar-refractivity contribution in [2.45, 2.75) is 13.8 Å². The van der Waals surface area contributed by atoms with Crippen LogP contribution in [0.2, 0.25) is 0 Å². The Kier molecular flexibility index (Phi) is 2.77. The van der Waals surface area contributed by atoms with Crippen molar-refractivity contribution in [1.29, 1.82) is 0 Å². The van der Waals surface area contributed by atoms with Crippen LogP contribution in [0.3, 0.4) is 0 Å². The van der Waals surface area contributed by atoms with Gasteiger partial charge in [-0.25, -0.2) is 0 Å². The van der Waals surface area contributed by atoms with E-state index in [4.69, 9.17) is 0 Å². The number of rotatable bonds is 1. The van der Waals surface area contributed by atoms with E-state index in [-0.39, 0.29) is 0 Å². The summed E-state index contributed by atoms with van der Waals surface area (Å²) in [6.45, 7) is 4.32. The van der Waals surface area contributed by atoms with Gasteiger partial charge in [0, 0.05) is 5.56 Å². The Morgan fingerprint density at radius 1 is 0.682 bits per heavy atom. The highest BCUT2D eigenvalue weighted by Crippen LogP contribution is 2.37. The molecule has 22 heavy (non-hydrogen) atoms. The molecule has 0 unspecified atom stereocenters. The topological polar surface area (TPSA) is 17.1 Å². The fourth-order valence-corrected chi connectivity index (χ4v) is 3.62. The first kappa shape index (κ1) is 13.0. The number of fused-ring (bicyclic) bond motifs is 4. The van der Waals surface area contributed by atoms with Crippen LogP contribution in [-0.4, -0.2) is 6.29 Å². The Labute approximate surface area is 129 Å². The van der Waals surface area contributed by atoms with E-state index < -0.39 is 0 Å². The molecule has 0 heterocycles. The fraction of sp³-hybridized carbons (Fsp3) is 0.0952. The first-order chi connectivity index (χ1) is 10.7. The lowest BCUT2D eigenvalue weighted by Gasteiger charge is -2.15. The summed E-state index contributed by atoms with van der Waals surface area (Å²) in [4.78, 5) is 11.5. The van der Waals surface area contributed by atoms with Crippen LogP contribution in [0.1, 0.15) is 21.5 Å². The van der Waals surface area contributed by atoms with Gasteiger partial charge in [-0.15, -0.1) is 0 Å². The number of carbonyl (C=O) groups excluding carboxylic acids is 1. The molecule has 0 radical (unpaired) electrons. The zero-order chi connectivity index (χ0) is 15.3. The molecule has 1 heteroatoms. The Morgan fingerprint density at radius 3 is 1.86 bits per heavy atom. The van der Waals surface area contributed by atoms with Crippen molar-refractivity contribution in [1.82, 2.24) is 0 Å². The number of carbonyl (C=O) groups is 1. The number of aldehydes is 1. The summed E-state index contributed by atoms with van der Waals surface area (Å²) in [5.74, 6) is 0. The van der Waals surface area contributed by atoms with Gasteiger partial charge in [0.25, 0.3) is 0 Å². The molecule has 0 aliphatic rings. The van der Waals surface area contributed by atoms with Crippen LogP contribution in [0.5, 0.6) is 0 Å². The Morgan fingerprint density at radius 2 is 1.23 bits per heavy atom. The maximum atomic E-state index is 11.5. The summed E-state index contributed by atoms with van der Waals surface area (Å²) in [5.41, 5.74) is 3.29. The first-order valence-electron chi connectivity index (χ1n) is 7.51. The number of aryl methyl sites for hydroxylation is 2. The molecule has 0 aliphatic carbocycles. The van der Waals surface area contributed by atoms with E-state index in [9.17, 15) is 4.79 Å². The molecule has 0 amide bonds. The maximum Gasteiger partial charge on any atom is 0.150 e. The van der Waals surface area contributed by atoms with Gasteiger partial charge in [-0.1, -0.05) is 48.5 Å². The van der Waals surface area contributed by atoms with Gasteiger partial charge in [-0.2, -0.15) is 0 Å². The molecule has 0 aromatic heterocycles. The zero-order valence-corrected chi connectivity index (χ0v) is 12.7. The monoisotopic (exact) mass is 284 g/mol. The molecule has 1 nitrogen and oxygen atoms in total. The van der Waals surface area contributed by atoms with E-state index in [0.717, 1.165) is 22.6 Å². The largest absolute Gasteiger partial charge is 0.298 e. The normalized spacial score (nSPS) is 11.4. The first-order valence-corrected chi connectivity index (χ1v) is 7.51. The molecule has 4 aromatic rings. The van der Waals surface area contributed by atoms with Crippen LogP contribution >= 0.6 is 0 Å². The number of benzene rings is 4. The van der Waals surface area contributed by atoms with Crippen LogP contribution in [0.4, 0.5) is 0 Å². The zero-order valence-electron chi connectivity index (χ0n) is 12.7. The minimum Gasteiger partial charge on any atom is -0.298 e. The minimum atomic E-state index is 0.765. The van der Waals surface area contributed by atoms with Crippen molar-refractivity contribution in [2.24, 2.45) is 0 Å². The lowest BCUT2D eigenvalue weighted by atomic mass is 9.88. The van der Waals surface area contributed by atoms with Crippen molar-refractivity contribution in [3.05, 3.63) is 71.3 Å². The van der Waals surface area contributed by atoms with E-state index in [0.29, 0.717) is 0 Å². The van der Waals surface area contributed by atoms with Gasteiger partial charge in [-0.05, 0) is 63.4 Å². The highest BCUT2D eigenvalue weighted by Gasteiger charge is 2.13. The SMILES string of the molecule is Cc1c2ccccc2c(C)c2c1cc(C=O)c1ccccc12. The summed E-state index contributed by atoms with van der Waals surface area (Å²) < 4.78 is 0. The Hall–Kier alpha value is -2.67. The van der Waals surface area contributed by atoms with Crippen LogP contribution in [0.15, 0.2) is 54.6 Å². The molecule has 0 saturated heterocycles. The van der Waals surface area contributed by atoms with Crippen molar-refractivity contribution in [2.75, 3.05) is 0 Å². The van der Waals surface area contributed by atoms with E-state index in [1.165, 1.54) is 32.7 Å². The molecule has 0 spiro atoms. The van der Waals surface area contributed by atoms with Crippen molar-refractivity contribution in [3.63, 3.8) is 0 Å². The summed E-state index contributed by atoms with van der Waals surface area (Å²) >= 11 is 0. The molecule has 106 valence electrons. The quantitative estimate of drug-likeness (QED) is 0.253. The highest BCUT2D eigenvalue weighted by atomic mass is 16.1. The standard InChI is InChI=1S/C21H16O/c1-13-16-7-3-4-8-17(16)14(2)21-19-10-6-5-9-18(19)15(12-22)11-20(13)21/h3-12H,1-2H3. The third-order valence-corrected chi connectivity index (χ3v) is 4.72. The van der Waals surface area contributed by atoms with Gasteiger partial charge >= 0.3 is 0 Å². The smallest absolute Gasteiger partial charge is 0.150 e. The van der Waals surface area contributed by atoms with Crippen LogP contribution in [0, 0.1) is 13.8 Å². The molecule has 0 fully saturated rings. The van der Waals surface area contributed by atoms with E-state index in [1.54, 1.807) is 0 Å². The number of hydrogen-bond acceptors (Lipinski definition) is 1. The molecular formula is C21H16O. The highest BCUT2D eigenvalue weighted by molar-refractivity contribution is 6.19. The second-order valence-electron chi connectivity index (χ2n) is 5.85. The minimum absolute atomic E-state index is 0.765. The van der Waals surface area contributed by atoms with Gasteiger partial charge in [0.1, 0.15) is 0 Å². The molecule has 0 N–H and O–H groups in total. The molecule has 4 rings (SSSR count). The summed E-state index contributed by atoms with van der Waals surface area (Å²) in [7, 11) is 0. The summed E-state index contributed by atoms with van der Waals surface area (Å²) in [6, 6.07) is 18.7. The average Bonchev–Trinajstić information content (AvgIpc) is 2.58. The number of hydrogen-bond donors (Lipinski definition) is 0. The van der Waals surface area contributed by atoms with Gasteiger partial charge in [0.05, 0.1) is 0 Å². The summed E-state index contributed by atoms with van der Waals surface area (Å²) in [5, 5.41) is 7.18. The van der Waals surface area contributed by atoms with E-state index in [2.05, 4.69) is 44.2 Å². The third-order valence-electron chi connectivity index (χ3n) is 4.72. The second kappa shape index (κ2) is 4.67.